The lowest BCUT2D eigenvalue weighted by Crippen LogP contribution is -2.14. The minimum atomic E-state index is -0.512. The van der Waals surface area contributed by atoms with E-state index in [1.54, 1.807) is 37.3 Å². The van der Waals surface area contributed by atoms with Crippen molar-refractivity contribution < 1.29 is 18.1 Å². The second kappa shape index (κ2) is 6.11. The van der Waals surface area contributed by atoms with Gasteiger partial charge in [0.2, 0.25) is 0 Å². The second-order valence-corrected chi connectivity index (χ2v) is 5.92. The molecule has 3 aromatic heterocycles. The Morgan fingerprint density at radius 3 is 2.81 bits per heavy atom. The first-order valence-electron chi connectivity index (χ1n) is 7.91. The van der Waals surface area contributed by atoms with Gasteiger partial charge in [-0.25, -0.2) is 9.37 Å². The monoisotopic (exact) mass is 351 g/mol. The van der Waals surface area contributed by atoms with Crippen LogP contribution in [0.1, 0.15) is 21.6 Å². The van der Waals surface area contributed by atoms with E-state index in [4.69, 9.17) is 8.94 Å². The van der Waals surface area contributed by atoms with Crippen LogP contribution in [0.15, 0.2) is 51.6 Å². The summed E-state index contributed by atoms with van der Waals surface area (Å²) in [5.41, 5.74) is 2.38. The van der Waals surface area contributed by atoms with Gasteiger partial charge in [-0.15, -0.1) is 0 Å². The maximum Gasteiger partial charge on any atom is 0.259 e. The van der Waals surface area contributed by atoms with Crippen molar-refractivity contribution in [2.24, 2.45) is 0 Å². The number of carbonyl (C=O) groups is 1. The molecule has 3 heterocycles. The van der Waals surface area contributed by atoms with E-state index in [0.717, 1.165) is 5.56 Å². The minimum Gasteiger partial charge on any atom is -0.463 e. The summed E-state index contributed by atoms with van der Waals surface area (Å²) in [5.74, 6) is -0.514. The Hall–Kier alpha value is -3.48. The Morgan fingerprint density at radius 2 is 2.04 bits per heavy atom. The highest BCUT2D eigenvalue weighted by atomic mass is 19.1. The number of aryl methyl sites for hydroxylation is 2. The zero-order valence-electron chi connectivity index (χ0n) is 14.0. The standard InChI is InChI=1S/C19H14FN3O3/c1-10-5-6-13(20)14(8-10)21-18(24)12-9-15(16-4-3-7-25-16)22-19-17(12)11(2)23-26-19/h3-9H,1-2H3,(H,21,24). The number of amides is 1. The molecule has 0 aliphatic heterocycles. The molecule has 0 aliphatic rings. The average molecular weight is 351 g/mol. The Balaban J connectivity index is 1.82. The third-order valence-electron chi connectivity index (χ3n) is 4.01. The molecule has 0 spiro atoms. The van der Waals surface area contributed by atoms with E-state index in [2.05, 4.69) is 15.5 Å². The van der Waals surface area contributed by atoms with Crippen LogP contribution >= 0.6 is 0 Å². The number of hydrogen-bond donors (Lipinski definition) is 1. The van der Waals surface area contributed by atoms with E-state index >= 15 is 0 Å². The van der Waals surface area contributed by atoms with Crippen LogP contribution < -0.4 is 5.32 Å². The number of nitrogens with zero attached hydrogens (tertiary/aromatic N) is 2. The molecule has 130 valence electrons. The zero-order chi connectivity index (χ0) is 18.3. The second-order valence-electron chi connectivity index (χ2n) is 5.92. The minimum absolute atomic E-state index is 0.105. The van der Waals surface area contributed by atoms with E-state index in [-0.39, 0.29) is 17.0 Å². The third kappa shape index (κ3) is 2.73. The number of fused-ring (bicyclic) bond motifs is 1. The molecule has 4 rings (SSSR count). The third-order valence-corrected chi connectivity index (χ3v) is 4.01. The summed E-state index contributed by atoms with van der Waals surface area (Å²) in [6.07, 6.45) is 1.51. The molecule has 0 fully saturated rings. The number of halogens is 1. The van der Waals surface area contributed by atoms with Crippen molar-refractivity contribution in [1.82, 2.24) is 10.1 Å². The molecule has 26 heavy (non-hydrogen) atoms. The Morgan fingerprint density at radius 1 is 1.19 bits per heavy atom. The molecule has 0 unspecified atom stereocenters. The molecule has 0 radical (unpaired) electrons. The SMILES string of the molecule is Cc1ccc(F)c(NC(=O)c2cc(-c3ccco3)nc3onc(C)c23)c1. The molecular weight excluding hydrogens is 337 g/mol. The van der Waals surface area contributed by atoms with Crippen molar-refractivity contribution in [3.63, 3.8) is 0 Å². The Labute approximate surface area is 147 Å². The van der Waals surface area contributed by atoms with Gasteiger partial charge in [0.15, 0.2) is 5.76 Å². The van der Waals surface area contributed by atoms with Gasteiger partial charge in [-0.3, -0.25) is 4.79 Å². The van der Waals surface area contributed by atoms with Crippen molar-refractivity contribution in [2.75, 3.05) is 5.32 Å². The number of pyridine rings is 1. The van der Waals surface area contributed by atoms with E-state index in [1.165, 1.54) is 12.3 Å². The number of carbonyl (C=O) groups excluding carboxylic acids is 1. The largest absolute Gasteiger partial charge is 0.463 e. The van der Waals surface area contributed by atoms with Gasteiger partial charge in [0.05, 0.1) is 28.6 Å². The lowest BCUT2D eigenvalue weighted by atomic mass is 10.1. The molecule has 4 aromatic rings. The zero-order valence-corrected chi connectivity index (χ0v) is 14.0. The maximum atomic E-state index is 14.0. The number of benzene rings is 1. The van der Waals surface area contributed by atoms with Crippen LogP contribution in [0.25, 0.3) is 22.6 Å². The van der Waals surface area contributed by atoms with Gasteiger partial charge in [-0.05, 0) is 49.7 Å². The lowest BCUT2D eigenvalue weighted by molar-refractivity contribution is 0.102. The summed E-state index contributed by atoms with van der Waals surface area (Å²) in [6, 6.07) is 9.53. The number of anilines is 1. The van der Waals surface area contributed by atoms with Crippen LogP contribution in [0.3, 0.4) is 0 Å². The highest BCUT2D eigenvalue weighted by molar-refractivity contribution is 6.13. The molecule has 0 aliphatic carbocycles. The van der Waals surface area contributed by atoms with Crippen molar-refractivity contribution in [2.45, 2.75) is 13.8 Å². The quantitative estimate of drug-likeness (QED) is 0.588. The van der Waals surface area contributed by atoms with Crippen LogP contribution in [0.4, 0.5) is 10.1 Å². The summed E-state index contributed by atoms with van der Waals surface area (Å²) in [7, 11) is 0. The fourth-order valence-electron chi connectivity index (χ4n) is 2.75. The highest BCUT2D eigenvalue weighted by Crippen LogP contribution is 2.28. The van der Waals surface area contributed by atoms with Crippen LogP contribution in [0.5, 0.6) is 0 Å². The smallest absolute Gasteiger partial charge is 0.259 e. The van der Waals surface area contributed by atoms with E-state index in [1.807, 2.05) is 6.92 Å². The molecular formula is C19H14FN3O3. The van der Waals surface area contributed by atoms with Crippen LogP contribution in [-0.4, -0.2) is 16.0 Å². The molecule has 6 nitrogen and oxygen atoms in total. The van der Waals surface area contributed by atoms with Crippen molar-refractivity contribution in [1.29, 1.82) is 0 Å². The first-order valence-corrected chi connectivity index (χ1v) is 7.91. The molecule has 7 heteroatoms. The number of furan rings is 1. The van der Waals surface area contributed by atoms with Gasteiger partial charge in [0.1, 0.15) is 11.5 Å². The normalized spacial score (nSPS) is 11.0. The summed E-state index contributed by atoms with van der Waals surface area (Å²) >= 11 is 0. The Bertz CT molecular complexity index is 1120. The van der Waals surface area contributed by atoms with Crippen LogP contribution in [0.2, 0.25) is 0 Å². The van der Waals surface area contributed by atoms with E-state index in [9.17, 15) is 9.18 Å². The molecule has 1 amide bonds. The summed E-state index contributed by atoms with van der Waals surface area (Å²) in [6.45, 7) is 3.53. The summed E-state index contributed by atoms with van der Waals surface area (Å²) in [4.78, 5) is 17.2. The van der Waals surface area contributed by atoms with Crippen molar-refractivity contribution >= 4 is 22.7 Å². The molecule has 1 aromatic carbocycles. The molecule has 1 N–H and O–H groups in total. The number of nitrogens with one attached hydrogen (secondary N) is 1. The first-order chi connectivity index (χ1) is 12.5. The molecule has 0 saturated carbocycles. The summed E-state index contributed by atoms with van der Waals surface area (Å²) < 4.78 is 24.6. The predicted octanol–water partition coefficient (Wildman–Crippen LogP) is 4.49. The van der Waals surface area contributed by atoms with Crippen molar-refractivity contribution in [3.05, 3.63) is 65.3 Å². The van der Waals surface area contributed by atoms with Gasteiger partial charge < -0.3 is 14.3 Å². The van der Waals surface area contributed by atoms with E-state index in [0.29, 0.717) is 22.5 Å². The van der Waals surface area contributed by atoms with Gasteiger partial charge >= 0.3 is 0 Å². The fourth-order valence-corrected chi connectivity index (χ4v) is 2.75. The molecule has 0 saturated heterocycles. The molecule has 0 atom stereocenters. The number of hydrogen-bond acceptors (Lipinski definition) is 5. The number of aromatic nitrogens is 2. The van der Waals surface area contributed by atoms with Crippen LogP contribution in [0, 0.1) is 19.7 Å². The fraction of sp³-hybridized carbons (Fsp3) is 0.105. The first kappa shape index (κ1) is 16.0. The van der Waals surface area contributed by atoms with Gasteiger partial charge in [0, 0.05) is 0 Å². The van der Waals surface area contributed by atoms with Gasteiger partial charge in [-0.2, -0.15) is 0 Å². The van der Waals surface area contributed by atoms with E-state index < -0.39 is 11.7 Å². The van der Waals surface area contributed by atoms with Crippen LogP contribution in [-0.2, 0) is 0 Å². The summed E-state index contributed by atoms with van der Waals surface area (Å²) in [5, 5.41) is 6.96. The van der Waals surface area contributed by atoms with Gasteiger partial charge in [-0.1, -0.05) is 11.2 Å². The number of rotatable bonds is 3. The Kier molecular flexibility index (Phi) is 3.76. The molecule has 0 bridgehead atoms. The lowest BCUT2D eigenvalue weighted by Gasteiger charge is -2.09. The average Bonchev–Trinajstić information content (AvgIpc) is 3.28. The topological polar surface area (TPSA) is 81.2 Å². The predicted molar refractivity (Wildman–Crippen MR) is 93.3 cm³/mol. The maximum absolute atomic E-state index is 14.0. The van der Waals surface area contributed by atoms with Gasteiger partial charge in [0.25, 0.3) is 11.6 Å². The highest BCUT2D eigenvalue weighted by Gasteiger charge is 2.21. The van der Waals surface area contributed by atoms with Crippen molar-refractivity contribution in [3.8, 4) is 11.5 Å².